The Morgan fingerprint density at radius 1 is 1.13 bits per heavy atom. The van der Waals surface area contributed by atoms with Crippen LogP contribution in [0.25, 0.3) is 0 Å². The fourth-order valence-electron chi connectivity index (χ4n) is 2.06. The zero-order chi connectivity index (χ0) is 17.0. The number of likely N-dealkylation sites (N-methyl/N-ethyl adjacent to an activating group) is 1. The van der Waals surface area contributed by atoms with Crippen molar-refractivity contribution in [3.8, 4) is 0 Å². The van der Waals surface area contributed by atoms with Crippen LogP contribution in [0.4, 0.5) is 10.1 Å². The van der Waals surface area contributed by atoms with Crippen LogP contribution >= 0.6 is 34.8 Å². The van der Waals surface area contributed by atoms with E-state index >= 15 is 0 Å². The lowest BCUT2D eigenvalue weighted by atomic mass is 10.2. The van der Waals surface area contributed by atoms with E-state index in [-0.39, 0.29) is 18.3 Å². The number of carbonyl (C=O) groups is 1. The third kappa shape index (κ3) is 5.36. The summed E-state index contributed by atoms with van der Waals surface area (Å²) in [5.41, 5.74) is 1.18. The van der Waals surface area contributed by atoms with Gasteiger partial charge in [0.15, 0.2) is 0 Å². The summed E-state index contributed by atoms with van der Waals surface area (Å²) in [6.45, 7) is 0.563. The fourth-order valence-corrected chi connectivity index (χ4v) is 2.65. The van der Waals surface area contributed by atoms with Gasteiger partial charge in [-0.3, -0.25) is 9.69 Å². The van der Waals surface area contributed by atoms with E-state index in [1.54, 1.807) is 24.1 Å². The van der Waals surface area contributed by atoms with E-state index in [1.165, 1.54) is 24.3 Å². The third-order valence-electron chi connectivity index (χ3n) is 3.04. The molecule has 2 aromatic rings. The molecule has 3 nitrogen and oxygen atoms in total. The van der Waals surface area contributed by atoms with Gasteiger partial charge in [0.25, 0.3) is 0 Å². The van der Waals surface area contributed by atoms with Crippen LogP contribution in [0.15, 0.2) is 36.4 Å². The van der Waals surface area contributed by atoms with Gasteiger partial charge in [-0.05, 0) is 36.9 Å². The summed E-state index contributed by atoms with van der Waals surface area (Å²) in [6.07, 6.45) is 0. The molecule has 122 valence electrons. The zero-order valence-electron chi connectivity index (χ0n) is 12.2. The van der Waals surface area contributed by atoms with Crippen molar-refractivity contribution in [2.45, 2.75) is 6.54 Å². The summed E-state index contributed by atoms with van der Waals surface area (Å²) in [7, 11) is 1.76. The molecular formula is C16H14Cl3FN2O. The summed E-state index contributed by atoms with van der Waals surface area (Å²) in [5.74, 6) is -0.563. The molecule has 0 spiro atoms. The minimum atomic E-state index is -0.303. The maximum Gasteiger partial charge on any atom is 0.238 e. The molecule has 0 radical (unpaired) electrons. The van der Waals surface area contributed by atoms with Crippen LogP contribution in [-0.4, -0.2) is 24.4 Å². The first-order valence-corrected chi connectivity index (χ1v) is 7.86. The van der Waals surface area contributed by atoms with Crippen molar-refractivity contribution in [3.05, 3.63) is 62.8 Å². The maximum absolute atomic E-state index is 13.1. The number of rotatable bonds is 5. The van der Waals surface area contributed by atoms with Gasteiger partial charge in [-0.25, -0.2) is 4.39 Å². The van der Waals surface area contributed by atoms with E-state index in [0.29, 0.717) is 27.3 Å². The van der Waals surface area contributed by atoms with Gasteiger partial charge in [-0.2, -0.15) is 0 Å². The first-order chi connectivity index (χ1) is 10.8. The molecule has 0 saturated carbocycles. The van der Waals surface area contributed by atoms with Crippen molar-refractivity contribution in [2.24, 2.45) is 0 Å². The first-order valence-electron chi connectivity index (χ1n) is 6.72. The van der Waals surface area contributed by atoms with E-state index in [4.69, 9.17) is 34.8 Å². The molecule has 0 bridgehead atoms. The molecule has 23 heavy (non-hydrogen) atoms. The predicted octanol–water partition coefficient (Wildman–Crippen LogP) is 4.86. The van der Waals surface area contributed by atoms with Crippen LogP contribution in [0.2, 0.25) is 15.1 Å². The quantitative estimate of drug-likeness (QED) is 0.757. The highest BCUT2D eigenvalue weighted by atomic mass is 35.5. The van der Waals surface area contributed by atoms with Gasteiger partial charge in [0.2, 0.25) is 5.91 Å². The number of hydrogen-bond donors (Lipinski definition) is 1. The van der Waals surface area contributed by atoms with Crippen molar-refractivity contribution in [2.75, 3.05) is 18.9 Å². The predicted molar refractivity (Wildman–Crippen MR) is 92.8 cm³/mol. The van der Waals surface area contributed by atoms with Gasteiger partial charge < -0.3 is 5.32 Å². The molecule has 0 aliphatic carbocycles. The van der Waals surface area contributed by atoms with Crippen molar-refractivity contribution in [1.82, 2.24) is 4.90 Å². The molecule has 0 unspecified atom stereocenters. The summed E-state index contributed by atoms with van der Waals surface area (Å²) >= 11 is 17.8. The number of amides is 1. The summed E-state index contributed by atoms with van der Waals surface area (Å²) < 4.78 is 13.1. The molecule has 0 aromatic heterocycles. The average molecular weight is 376 g/mol. The van der Waals surface area contributed by atoms with Gasteiger partial charge in [0, 0.05) is 6.54 Å². The third-order valence-corrected chi connectivity index (χ3v) is 4.07. The monoisotopic (exact) mass is 374 g/mol. The second kappa shape index (κ2) is 7.97. The second-order valence-corrected chi connectivity index (χ2v) is 6.32. The zero-order valence-corrected chi connectivity index (χ0v) is 14.5. The normalized spacial score (nSPS) is 10.9. The smallest absolute Gasteiger partial charge is 0.238 e. The van der Waals surface area contributed by atoms with Crippen molar-refractivity contribution in [1.29, 1.82) is 0 Å². The molecule has 0 atom stereocenters. The van der Waals surface area contributed by atoms with E-state index in [0.717, 1.165) is 5.56 Å². The summed E-state index contributed by atoms with van der Waals surface area (Å²) in [5, 5.41) is 3.61. The lowest BCUT2D eigenvalue weighted by Crippen LogP contribution is -2.29. The van der Waals surface area contributed by atoms with E-state index in [9.17, 15) is 9.18 Å². The molecule has 0 heterocycles. The maximum atomic E-state index is 13.1. The number of halogens is 4. The van der Waals surface area contributed by atoms with E-state index < -0.39 is 0 Å². The Hall–Kier alpha value is -1.33. The summed E-state index contributed by atoms with van der Waals surface area (Å²) in [6, 6.07) is 9.21. The molecule has 1 amide bonds. The molecule has 0 saturated heterocycles. The molecular weight excluding hydrogens is 362 g/mol. The minimum absolute atomic E-state index is 0.118. The highest BCUT2D eigenvalue weighted by Crippen LogP contribution is 2.32. The Balaban J connectivity index is 1.95. The van der Waals surface area contributed by atoms with Crippen LogP contribution in [0.1, 0.15) is 5.56 Å². The van der Waals surface area contributed by atoms with Crippen LogP contribution in [0.3, 0.4) is 0 Å². The Kier molecular flexibility index (Phi) is 6.25. The number of carbonyl (C=O) groups excluding carboxylic acids is 1. The fraction of sp³-hybridized carbons (Fsp3) is 0.188. The Morgan fingerprint density at radius 2 is 1.83 bits per heavy atom. The summed E-state index contributed by atoms with van der Waals surface area (Å²) in [4.78, 5) is 13.8. The largest absolute Gasteiger partial charge is 0.324 e. The molecule has 0 aliphatic rings. The lowest BCUT2D eigenvalue weighted by molar-refractivity contribution is -0.117. The van der Waals surface area contributed by atoms with Crippen LogP contribution in [0.5, 0.6) is 0 Å². The molecule has 1 N–H and O–H groups in total. The van der Waals surface area contributed by atoms with E-state index in [1.807, 2.05) is 0 Å². The van der Waals surface area contributed by atoms with Crippen LogP contribution < -0.4 is 5.32 Å². The standard InChI is InChI=1S/C16H14Cl3FN2O/c1-22(8-10-3-2-4-11(20)5-10)9-16(23)21-15-7-13(18)12(17)6-14(15)19/h2-7H,8-9H2,1H3,(H,21,23). The Bertz CT molecular complexity index is 724. The van der Waals surface area contributed by atoms with E-state index in [2.05, 4.69) is 5.32 Å². The molecule has 2 aromatic carbocycles. The lowest BCUT2D eigenvalue weighted by Gasteiger charge is -2.17. The first kappa shape index (κ1) is 18.0. The number of hydrogen-bond acceptors (Lipinski definition) is 2. The van der Waals surface area contributed by atoms with Gasteiger partial charge in [-0.15, -0.1) is 0 Å². The average Bonchev–Trinajstić information content (AvgIpc) is 2.44. The SMILES string of the molecule is CN(CC(=O)Nc1cc(Cl)c(Cl)cc1Cl)Cc1cccc(F)c1. The van der Waals surface area contributed by atoms with Crippen molar-refractivity contribution >= 4 is 46.4 Å². The molecule has 0 aliphatic heterocycles. The number of nitrogens with one attached hydrogen (secondary N) is 1. The van der Waals surface area contributed by atoms with Gasteiger partial charge in [0.1, 0.15) is 5.82 Å². The molecule has 0 fully saturated rings. The Labute approximate surface area is 148 Å². The molecule has 2 rings (SSSR count). The van der Waals surface area contributed by atoms with Crippen molar-refractivity contribution < 1.29 is 9.18 Å². The van der Waals surface area contributed by atoms with Crippen molar-refractivity contribution in [3.63, 3.8) is 0 Å². The highest BCUT2D eigenvalue weighted by Gasteiger charge is 2.12. The second-order valence-electron chi connectivity index (χ2n) is 5.10. The number of benzene rings is 2. The topological polar surface area (TPSA) is 32.3 Å². The number of anilines is 1. The van der Waals surface area contributed by atoms with Gasteiger partial charge in [-0.1, -0.05) is 46.9 Å². The van der Waals surface area contributed by atoms with Crippen LogP contribution in [-0.2, 0) is 11.3 Å². The molecule has 7 heteroatoms. The van der Waals surface area contributed by atoms with Gasteiger partial charge in [0.05, 0.1) is 27.3 Å². The minimum Gasteiger partial charge on any atom is -0.324 e. The van der Waals surface area contributed by atoms with Gasteiger partial charge >= 0.3 is 0 Å². The Morgan fingerprint density at radius 3 is 2.52 bits per heavy atom. The van der Waals surface area contributed by atoms with Crippen LogP contribution in [0, 0.1) is 5.82 Å². The number of nitrogens with zero attached hydrogens (tertiary/aromatic N) is 1. The highest BCUT2D eigenvalue weighted by molar-refractivity contribution is 6.44.